The molecule has 1 N–H and O–H groups in total. The zero-order valence-electron chi connectivity index (χ0n) is 13.5. The maximum atomic E-state index is 13.0. The Balaban J connectivity index is 1.59. The van der Waals surface area contributed by atoms with E-state index in [-0.39, 0.29) is 17.5 Å². The second kappa shape index (κ2) is 7.00. The molecule has 1 aliphatic carbocycles. The highest BCUT2D eigenvalue weighted by Crippen LogP contribution is 2.33. The van der Waals surface area contributed by atoms with E-state index in [1.807, 2.05) is 0 Å². The summed E-state index contributed by atoms with van der Waals surface area (Å²) in [6.07, 6.45) is 3.95. The molecule has 0 atom stereocenters. The molecule has 134 valence electrons. The number of hydrogen-bond acceptors (Lipinski definition) is 4. The molecular weight excluding hydrogens is 351 g/mol. The number of carbonyl (C=O) groups excluding carboxylic acids is 3. The van der Waals surface area contributed by atoms with Crippen molar-refractivity contribution in [3.05, 3.63) is 34.6 Å². The van der Waals surface area contributed by atoms with Crippen molar-refractivity contribution >= 4 is 29.5 Å². The van der Waals surface area contributed by atoms with Gasteiger partial charge in [-0.25, -0.2) is 9.18 Å². The Hall–Kier alpha value is -2.15. The van der Waals surface area contributed by atoms with Crippen LogP contribution in [0.4, 0.5) is 9.18 Å². The van der Waals surface area contributed by atoms with Crippen LogP contribution in [0.1, 0.15) is 37.7 Å². The van der Waals surface area contributed by atoms with Crippen molar-refractivity contribution in [1.82, 2.24) is 10.2 Å². The standard InChI is InChI=1S/C17H18ClFN2O4/c18-13-8-12(19)5-4-11(13)10-25-14(22)9-21-15(23)17(20-16(21)24)6-2-1-3-7-17/h4-5,8H,1-3,6-7,9-10H2,(H,20,24). The lowest BCUT2D eigenvalue weighted by molar-refractivity contribution is -0.149. The first-order chi connectivity index (χ1) is 11.9. The van der Waals surface area contributed by atoms with Gasteiger partial charge in [-0.05, 0) is 25.0 Å². The number of hydrogen-bond donors (Lipinski definition) is 1. The van der Waals surface area contributed by atoms with Crippen LogP contribution in [0.25, 0.3) is 0 Å². The van der Waals surface area contributed by atoms with Gasteiger partial charge in [-0.3, -0.25) is 14.5 Å². The summed E-state index contributed by atoms with van der Waals surface area (Å²) in [6, 6.07) is 3.17. The molecule has 1 saturated heterocycles. The van der Waals surface area contributed by atoms with E-state index >= 15 is 0 Å². The molecule has 1 aliphatic heterocycles. The van der Waals surface area contributed by atoms with E-state index in [1.165, 1.54) is 12.1 Å². The van der Waals surface area contributed by atoms with Gasteiger partial charge in [-0.2, -0.15) is 0 Å². The van der Waals surface area contributed by atoms with Crippen molar-refractivity contribution in [3.8, 4) is 0 Å². The van der Waals surface area contributed by atoms with Crippen molar-refractivity contribution in [2.75, 3.05) is 6.54 Å². The summed E-state index contributed by atoms with van der Waals surface area (Å²) >= 11 is 5.87. The number of nitrogens with zero attached hydrogens (tertiary/aromatic N) is 1. The third-order valence-corrected chi connectivity index (χ3v) is 5.00. The quantitative estimate of drug-likeness (QED) is 0.655. The van der Waals surface area contributed by atoms with E-state index in [2.05, 4.69) is 5.32 Å². The molecule has 1 heterocycles. The van der Waals surface area contributed by atoms with Crippen LogP contribution in [0.15, 0.2) is 18.2 Å². The molecule has 0 unspecified atom stereocenters. The minimum absolute atomic E-state index is 0.143. The van der Waals surface area contributed by atoms with Crippen molar-refractivity contribution in [1.29, 1.82) is 0 Å². The van der Waals surface area contributed by atoms with E-state index in [9.17, 15) is 18.8 Å². The van der Waals surface area contributed by atoms with Gasteiger partial charge < -0.3 is 10.1 Å². The summed E-state index contributed by atoms with van der Waals surface area (Å²) in [6.45, 7) is -0.613. The lowest BCUT2D eigenvalue weighted by atomic mass is 9.82. The molecule has 1 saturated carbocycles. The number of urea groups is 1. The minimum Gasteiger partial charge on any atom is -0.459 e. The van der Waals surface area contributed by atoms with Crippen molar-refractivity contribution in [2.24, 2.45) is 0 Å². The molecule has 6 nitrogen and oxygen atoms in total. The van der Waals surface area contributed by atoms with Crippen LogP contribution in [-0.4, -0.2) is 34.9 Å². The normalized spacial score (nSPS) is 19.2. The molecule has 0 radical (unpaired) electrons. The van der Waals surface area contributed by atoms with E-state index in [1.54, 1.807) is 0 Å². The van der Waals surface area contributed by atoms with Gasteiger partial charge in [0.1, 0.15) is 24.5 Å². The second-order valence-corrected chi connectivity index (χ2v) is 6.77. The zero-order valence-corrected chi connectivity index (χ0v) is 14.3. The topological polar surface area (TPSA) is 75.7 Å². The first-order valence-electron chi connectivity index (χ1n) is 8.15. The monoisotopic (exact) mass is 368 g/mol. The van der Waals surface area contributed by atoms with Gasteiger partial charge in [0.15, 0.2) is 0 Å². The van der Waals surface area contributed by atoms with Crippen LogP contribution in [0.3, 0.4) is 0 Å². The molecular formula is C17H18ClFN2O4. The average Bonchev–Trinajstić information content (AvgIpc) is 2.79. The molecule has 0 bridgehead atoms. The Morgan fingerprint density at radius 1 is 1.28 bits per heavy atom. The van der Waals surface area contributed by atoms with Gasteiger partial charge >= 0.3 is 12.0 Å². The van der Waals surface area contributed by atoms with E-state index < -0.39 is 29.9 Å². The van der Waals surface area contributed by atoms with Gasteiger partial charge in [-0.15, -0.1) is 0 Å². The number of benzene rings is 1. The number of amides is 3. The summed E-state index contributed by atoms with van der Waals surface area (Å²) in [4.78, 5) is 37.6. The van der Waals surface area contributed by atoms with Crippen molar-refractivity contribution in [2.45, 2.75) is 44.2 Å². The van der Waals surface area contributed by atoms with Crippen molar-refractivity contribution in [3.63, 3.8) is 0 Å². The molecule has 3 rings (SSSR count). The highest BCUT2D eigenvalue weighted by atomic mass is 35.5. The summed E-state index contributed by atoms with van der Waals surface area (Å²) in [5.74, 6) is -1.58. The molecule has 1 spiro atoms. The van der Waals surface area contributed by atoms with Crippen molar-refractivity contribution < 1.29 is 23.5 Å². The summed E-state index contributed by atoms with van der Waals surface area (Å²) in [5, 5.41) is 2.87. The molecule has 2 fully saturated rings. The van der Waals surface area contributed by atoms with Crippen LogP contribution in [-0.2, 0) is 20.9 Å². The Kier molecular flexibility index (Phi) is 4.94. The largest absolute Gasteiger partial charge is 0.459 e. The van der Waals surface area contributed by atoms with Crippen LogP contribution in [0, 0.1) is 5.82 Å². The molecule has 8 heteroatoms. The van der Waals surface area contributed by atoms with Gasteiger partial charge in [0, 0.05) is 5.56 Å². The van der Waals surface area contributed by atoms with E-state index in [0.29, 0.717) is 18.4 Å². The first kappa shape index (κ1) is 17.7. The SMILES string of the molecule is O=C(CN1C(=O)NC2(CCCCC2)C1=O)OCc1ccc(F)cc1Cl. The van der Waals surface area contributed by atoms with E-state index in [0.717, 1.165) is 30.2 Å². The molecule has 2 aliphatic rings. The van der Waals surface area contributed by atoms with Gasteiger partial charge in [0.05, 0.1) is 5.02 Å². The van der Waals surface area contributed by atoms with Gasteiger partial charge in [0.2, 0.25) is 0 Å². The lowest BCUT2D eigenvalue weighted by Gasteiger charge is -2.30. The Labute approximate surface area is 149 Å². The summed E-state index contributed by atoms with van der Waals surface area (Å²) in [7, 11) is 0. The molecule has 1 aromatic carbocycles. The van der Waals surface area contributed by atoms with Crippen LogP contribution in [0.2, 0.25) is 5.02 Å². The fourth-order valence-corrected chi connectivity index (χ4v) is 3.51. The third-order valence-electron chi connectivity index (χ3n) is 4.64. The Bertz CT molecular complexity index is 719. The fraction of sp³-hybridized carbons (Fsp3) is 0.471. The zero-order chi connectivity index (χ0) is 18.0. The number of halogens is 2. The predicted octanol–water partition coefficient (Wildman–Crippen LogP) is 2.78. The number of carbonyl (C=O) groups is 3. The maximum Gasteiger partial charge on any atom is 0.326 e. The van der Waals surface area contributed by atoms with Crippen LogP contribution >= 0.6 is 11.6 Å². The number of rotatable bonds is 4. The number of imide groups is 1. The first-order valence-corrected chi connectivity index (χ1v) is 8.53. The summed E-state index contributed by atoms with van der Waals surface area (Å²) in [5.41, 5.74) is -0.423. The highest BCUT2D eigenvalue weighted by molar-refractivity contribution is 6.31. The highest BCUT2D eigenvalue weighted by Gasteiger charge is 2.51. The third kappa shape index (κ3) is 3.61. The average molecular weight is 369 g/mol. The summed E-state index contributed by atoms with van der Waals surface area (Å²) < 4.78 is 18.1. The van der Waals surface area contributed by atoms with Gasteiger partial charge in [0.25, 0.3) is 5.91 Å². The minimum atomic E-state index is -0.865. The Morgan fingerprint density at radius 3 is 2.68 bits per heavy atom. The molecule has 0 aromatic heterocycles. The van der Waals surface area contributed by atoms with Crippen LogP contribution < -0.4 is 5.32 Å². The molecule has 1 aromatic rings. The smallest absolute Gasteiger partial charge is 0.326 e. The molecule has 3 amide bonds. The number of esters is 1. The lowest BCUT2D eigenvalue weighted by Crippen LogP contribution is -2.48. The van der Waals surface area contributed by atoms with Crippen LogP contribution in [0.5, 0.6) is 0 Å². The van der Waals surface area contributed by atoms with E-state index in [4.69, 9.17) is 16.3 Å². The second-order valence-electron chi connectivity index (χ2n) is 6.36. The predicted molar refractivity (Wildman–Crippen MR) is 87.3 cm³/mol. The molecule has 25 heavy (non-hydrogen) atoms. The fourth-order valence-electron chi connectivity index (χ4n) is 3.29. The Morgan fingerprint density at radius 2 is 2.00 bits per heavy atom. The van der Waals surface area contributed by atoms with Gasteiger partial charge in [-0.1, -0.05) is 36.9 Å². The number of ether oxygens (including phenoxy) is 1. The number of nitrogens with one attached hydrogen (secondary N) is 1. The maximum absolute atomic E-state index is 13.0.